The number of anilines is 1. The molecular weight excluding hydrogens is 288 g/mol. The lowest BCUT2D eigenvalue weighted by Crippen LogP contribution is -2.47. The van der Waals surface area contributed by atoms with Crippen LogP contribution in [0.4, 0.5) is 5.82 Å². The van der Waals surface area contributed by atoms with Gasteiger partial charge in [-0.1, -0.05) is 13.8 Å². The number of hydrogen-bond donors (Lipinski definition) is 1. The predicted molar refractivity (Wildman–Crippen MR) is 92.6 cm³/mol. The number of morpholine rings is 1. The number of aryl methyl sites for hydroxylation is 2. The highest BCUT2D eigenvalue weighted by molar-refractivity contribution is 5.56. The first-order chi connectivity index (χ1) is 11.0. The van der Waals surface area contributed by atoms with E-state index in [0.29, 0.717) is 23.3 Å². The van der Waals surface area contributed by atoms with Crippen LogP contribution in [0.5, 0.6) is 0 Å². The number of ether oxygens (including phenoxy) is 1. The smallest absolute Gasteiger partial charge is 0.144 e. The van der Waals surface area contributed by atoms with Crippen LogP contribution < -0.4 is 5.32 Å². The lowest BCUT2D eigenvalue weighted by atomic mass is 10.0. The van der Waals surface area contributed by atoms with Crippen LogP contribution in [-0.2, 0) is 4.74 Å². The molecule has 1 aromatic rings. The van der Waals surface area contributed by atoms with Crippen LogP contribution in [0.15, 0.2) is 6.07 Å². The third-order valence-corrected chi connectivity index (χ3v) is 4.27. The second-order valence-corrected chi connectivity index (χ2v) is 6.73. The Bertz CT molecular complexity index is 559. The van der Waals surface area contributed by atoms with E-state index >= 15 is 0 Å². The van der Waals surface area contributed by atoms with Gasteiger partial charge in [-0.15, -0.1) is 0 Å². The highest BCUT2D eigenvalue weighted by Crippen LogP contribution is 2.19. The molecule has 1 atom stereocenters. The quantitative estimate of drug-likeness (QED) is 0.874. The summed E-state index contributed by atoms with van der Waals surface area (Å²) in [6.07, 6.45) is 1.12. The third kappa shape index (κ3) is 4.92. The summed E-state index contributed by atoms with van der Waals surface area (Å²) in [5, 5.41) is 12.8. The summed E-state index contributed by atoms with van der Waals surface area (Å²) in [4.78, 5) is 7.02. The van der Waals surface area contributed by atoms with Gasteiger partial charge in [-0.05, 0) is 37.8 Å². The monoisotopic (exact) mass is 316 g/mol. The SMILES string of the molecule is Cc1cc(C)c(C#N)c(NCC(CC(C)C)N2CCOCC2)n1. The molecule has 2 heterocycles. The Morgan fingerprint density at radius 3 is 2.65 bits per heavy atom. The zero-order chi connectivity index (χ0) is 16.8. The fourth-order valence-corrected chi connectivity index (χ4v) is 3.17. The van der Waals surface area contributed by atoms with E-state index in [2.05, 4.69) is 35.1 Å². The lowest BCUT2D eigenvalue weighted by Gasteiger charge is -2.35. The van der Waals surface area contributed by atoms with E-state index < -0.39 is 0 Å². The number of hydrogen-bond acceptors (Lipinski definition) is 5. The standard InChI is InChI=1S/C18H28N4O/c1-13(2)9-16(22-5-7-23-8-6-22)12-20-18-17(11-19)14(3)10-15(4)21-18/h10,13,16H,5-9,12H2,1-4H3,(H,20,21). The molecule has 23 heavy (non-hydrogen) atoms. The van der Waals surface area contributed by atoms with Crippen LogP contribution in [0, 0.1) is 31.1 Å². The van der Waals surface area contributed by atoms with Crippen LogP contribution in [0.1, 0.15) is 37.1 Å². The first-order valence-corrected chi connectivity index (χ1v) is 8.45. The second kappa shape index (κ2) is 8.28. The van der Waals surface area contributed by atoms with E-state index in [9.17, 15) is 5.26 Å². The Morgan fingerprint density at radius 2 is 2.04 bits per heavy atom. The number of aromatic nitrogens is 1. The zero-order valence-corrected chi connectivity index (χ0v) is 14.7. The van der Waals surface area contributed by atoms with Crippen LogP contribution in [0.2, 0.25) is 0 Å². The van der Waals surface area contributed by atoms with E-state index in [0.717, 1.165) is 50.5 Å². The van der Waals surface area contributed by atoms with Gasteiger partial charge in [0, 0.05) is 31.4 Å². The molecule has 1 aliphatic rings. The third-order valence-electron chi connectivity index (χ3n) is 4.27. The topological polar surface area (TPSA) is 61.2 Å². The van der Waals surface area contributed by atoms with Crippen molar-refractivity contribution in [2.45, 2.75) is 40.2 Å². The molecule has 1 aromatic heterocycles. The molecule has 0 aromatic carbocycles. The first-order valence-electron chi connectivity index (χ1n) is 8.45. The summed E-state index contributed by atoms with van der Waals surface area (Å²) in [6.45, 7) is 12.8. The largest absolute Gasteiger partial charge is 0.379 e. The second-order valence-electron chi connectivity index (χ2n) is 6.73. The summed E-state index contributed by atoms with van der Waals surface area (Å²) in [5.41, 5.74) is 2.57. The highest BCUT2D eigenvalue weighted by Gasteiger charge is 2.22. The Hall–Kier alpha value is -1.64. The fourth-order valence-electron chi connectivity index (χ4n) is 3.17. The van der Waals surface area contributed by atoms with Gasteiger partial charge in [0.1, 0.15) is 11.9 Å². The van der Waals surface area contributed by atoms with Crippen LogP contribution in [-0.4, -0.2) is 48.8 Å². The lowest BCUT2D eigenvalue weighted by molar-refractivity contribution is 0.0150. The van der Waals surface area contributed by atoms with Gasteiger partial charge in [-0.25, -0.2) is 4.98 Å². The van der Waals surface area contributed by atoms with Crippen molar-refractivity contribution in [3.63, 3.8) is 0 Å². The average molecular weight is 316 g/mol. The van der Waals surface area contributed by atoms with Crippen molar-refractivity contribution in [1.82, 2.24) is 9.88 Å². The number of rotatable bonds is 6. The summed E-state index contributed by atoms with van der Waals surface area (Å²) >= 11 is 0. The molecule has 1 saturated heterocycles. The molecule has 5 heteroatoms. The Balaban J connectivity index is 2.10. The Kier molecular flexibility index (Phi) is 6.37. The van der Waals surface area contributed by atoms with E-state index in [4.69, 9.17) is 4.74 Å². The molecule has 0 radical (unpaired) electrons. The minimum Gasteiger partial charge on any atom is -0.379 e. The molecule has 0 spiro atoms. The van der Waals surface area contributed by atoms with Gasteiger partial charge in [-0.2, -0.15) is 5.26 Å². The fraction of sp³-hybridized carbons (Fsp3) is 0.667. The maximum absolute atomic E-state index is 9.39. The van der Waals surface area contributed by atoms with Crippen molar-refractivity contribution < 1.29 is 4.74 Å². The number of nitrogens with one attached hydrogen (secondary N) is 1. The van der Waals surface area contributed by atoms with Crippen molar-refractivity contribution in [1.29, 1.82) is 5.26 Å². The normalized spacial score (nSPS) is 17.0. The minimum absolute atomic E-state index is 0.438. The Labute approximate surface area is 139 Å². The molecule has 0 aliphatic carbocycles. The molecule has 1 fully saturated rings. The highest BCUT2D eigenvalue weighted by atomic mass is 16.5. The number of nitrogens with zero attached hydrogens (tertiary/aromatic N) is 3. The van der Waals surface area contributed by atoms with Crippen LogP contribution >= 0.6 is 0 Å². The van der Waals surface area contributed by atoms with E-state index in [1.807, 2.05) is 19.9 Å². The maximum atomic E-state index is 9.39. The summed E-state index contributed by atoms with van der Waals surface area (Å²) in [7, 11) is 0. The molecular formula is C18H28N4O. The maximum Gasteiger partial charge on any atom is 0.144 e. The van der Waals surface area contributed by atoms with Gasteiger partial charge in [0.2, 0.25) is 0 Å². The van der Waals surface area contributed by atoms with Crippen molar-refractivity contribution in [2.24, 2.45) is 5.92 Å². The molecule has 0 saturated carbocycles. The minimum atomic E-state index is 0.438. The van der Waals surface area contributed by atoms with Crippen molar-refractivity contribution in [3.05, 3.63) is 22.9 Å². The van der Waals surface area contributed by atoms with Crippen molar-refractivity contribution in [2.75, 3.05) is 38.2 Å². The van der Waals surface area contributed by atoms with Crippen LogP contribution in [0.3, 0.4) is 0 Å². The molecule has 2 rings (SSSR count). The summed E-state index contributed by atoms with van der Waals surface area (Å²) in [5.74, 6) is 1.35. The average Bonchev–Trinajstić information content (AvgIpc) is 2.51. The van der Waals surface area contributed by atoms with Crippen LogP contribution in [0.25, 0.3) is 0 Å². The van der Waals surface area contributed by atoms with Gasteiger partial charge >= 0.3 is 0 Å². The van der Waals surface area contributed by atoms with Gasteiger partial charge < -0.3 is 10.1 Å². The summed E-state index contributed by atoms with van der Waals surface area (Å²) < 4.78 is 5.47. The number of pyridine rings is 1. The van der Waals surface area contributed by atoms with Crippen molar-refractivity contribution in [3.8, 4) is 6.07 Å². The van der Waals surface area contributed by atoms with E-state index in [-0.39, 0.29) is 0 Å². The van der Waals surface area contributed by atoms with Crippen molar-refractivity contribution >= 4 is 5.82 Å². The van der Waals surface area contributed by atoms with Gasteiger partial charge in [0.25, 0.3) is 0 Å². The molecule has 5 nitrogen and oxygen atoms in total. The molecule has 1 unspecified atom stereocenters. The first kappa shape index (κ1) is 17.7. The van der Waals surface area contributed by atoms with E-state index in [1.165, 1.54) is 0 Å². The van der Waals surface area contributed by atoms with Gasteiger partial charge in [0.15, 0.2) is 0 Å². The molecule has 0 bridgehead atoms. The van der Waals surface area contributed by atoms with Gasteiger partial charge in [0.05, 0.1) is 18.8 Å². The molecule has 0 amide bonds. The molecule has 126 valence electrons. The Morgan fingerprint density at radius 1 is 1.35 bits per heavy atom. The molecule has 1 N–H and O–H groups in total. The van der Waals surface area contributed by atoms with Gasteiger partial charge in [-0.3, -0.25) is 4.90 Å². The predicted octanol–water partition coefficient (Wildman–Crippen LogP) is 2.73. The molecule has 1 aliphatic heterocycles. The van der Waals surface area contributed by atoms with E-state index in [1.54, 1.807) is 0 Å². The zero-order valence-electron chi connectivity index (χ0n) is 14.7. The number of nitriles is 1. The summed E-state index contributed by atoms with van der Waals surface area (Å²) in [6, 6.07) is 4.67.